The van der Waals surface area contributed by atoms with E-state index in [2.05, 4.69) is 12.6 Å². The Bertz CT molecular complexity index is 193. The molecule has 0 N–H and O–H groups in total. The fraction of sp³-hybridized carbons (Fsp3) is 0.750. The van der Waals surface area contributed by atoms with E-state index >= 15 is 0 Å². The summed E-state index contributed by atoms with van der Waals surface area (Å²) < 4.78 is 4.92. The monoisotopic (exact) mass is 190 g/mol. The van der Waals surface area contributed by atoms with Crippen molar-refractivity contribution < 1.29 is 14.3 Å². The molecule has 4 heteroatoms. The molecule has 0 radical (unpaired) electrons. The van der Waals surface area contributed by atoms with Crippen LogP contribution in [0.3, 0.4) is 0 Å². The molecule has 0 aromatic heterocycles. The molecule has 0 aromatic carbocycles. The van der Waals surface area contributed by atoms with E-state index < -0.39 is 16.8 Å². The third-order valence-corrected chi connectivity index (χ3v) is 1.59. The van der Waals surface area contributed by atoms with Crippen molar-refractivity contribution in [1.82, 2.24) is 0 Å². The van der Waals surface area contributed by atoms with Crippen LogP contribution >= 0.6 is 12.6 Å². The Morgan fingerprint density at radius 2 is 1.75 bits per heavy atom. The highest BCUT2D eigenvalue weighted by Crippen LogP contribution is 2.10. The number of carbonyl (C=O) groups excluding carboxylic acids is 2. The Hall–Kier alpha value is -0.510. The van der Waals surface area contributed by atoms with Gasteiger partial charge in [-0.15, -0.1) is 0 Å². The molecule has 0 heterocycles. The van der Waals surface area contributed by atoms with E-state index in [1.165, 1.54) is 6.92 Å². The van der Waals surface area contributed by atoms with Crippen LogP contribution in [0.4, 0.5) is 0 Å². The zero-order valence-corrected chi connectivity index (χ0v) is 8.64. The van der Waals surface area contributed by atoms with Gasteiger partial charge in [0, 0.05) is 0 Å². The largest absolute Gasteiger partial charge is 0.459 e. The van der Waals surface area contributed by atoms with Crippen molar-refractivity contribution in [2.45, 2.75) is 38.5 Å². The second-order valence-electron chi connectivity index (χ2n) is 3.55. The van der Waals surface area contributed by atoms with Crippen LogP contribution in [0.5, 0.6) is 0 Å². The fourth-order valence-corrected chi connectivity index (χ4v) is 0.576. The molecule has 0 spiro atoms. The van der Waals surface area contributed by atoms with Gasteiger partial charge < -0.3 is 4.74 Å². The smallest absolute Gasteiger partial charge is 0.326 e. The van der Waals surface area contributed by atoms with Crippen molar-refractivity contribution in [1.29, 1.82) is 0 Å². The van der Waals surface area contributed by atoms with Crippen LogP contribution in [0, 0.1) is 0 Å². The van der Waals surface area contributed by atoms with Gasteiger partial charge in [-0.1, -0.05) is 0 Å². The van der Waals surface area contributed by atoms with Crippen molar-refractivity contribution in [3.8, 4) is 0 Å². The Kier molecular flexibility index (Phi) is 3.77. The minimum absolute atomic E-state index is 0.299. The van der Waals surface area contributed by atoms with E-state index in [1.807, 2.05) is 0 Å². The Balaban J connectivity index is 4.15. The van der Waals surface area contributed by atoms with Gasteiger partial charge in [0.05, 0.1) is 0 Å². The SMILES string of the molecule is CC(=O)C(S)C(=O)OC(C)(C)C. The maximum absolute atomic E-state index is 11.1. The molecule has 0 bridgehead atoms. The van der Waals surface area contributed by atoms with Gasteiger partial charge in [-0.3, -0.25) is 9.59 Å². The van der Waals surface area contributed by atoms with Crippen molar-refractivity contribution in [2.24, 2.45) is 0 Å². The van der Waals surface area contributed by atoms with Crippen LogP contribution in [-0.2, 0) is 14.3 Å². The van der Waals surface area contributed by atoms with Crippen molar-refractivity contribution in [2.75, 3.05) is 0 Å². The summed E-state index contributed by atoms with van der Waals surface area (Å²) in [5, 5.41) is -0.954. The van der Waals surface area contributed by atoms with Crippen LogP contribution in [-0.4, -0.2) is 22.6 Å². The maximum Gasteiger partial charge on any atom is 0.326 e. The van der Waals surface area contributed by atoms with Gasteiger partial charge >= 0.3 is 5.97 Å². The van der Waals surface area contributed by atoms with Crippen molar-refractivity contribution in [3.63, 3.8) is 0 Å². The lowest BCUT2D eigenvalue weighted by molar-refractivity contribution is -0.155. The van der Waals surface area contributed by atoms with Gasteiger partial charge in [-0.25, -0.2) is 0 Å². The van der Waals surface area contributed by atoms with Crippen LogP contribution in [0.2, 0.25) is 0 Å². The van der Waals surface area contributed by atoms with E-state index in [9.17, 15) is 9.59 Å². The summed E-state index contributed by atoms with van der Waals surface area (Å²) in [7, 11) is 0. The lowest BCUT2D eigenvalue weighted by atomic mass is 10.2. The molecule has 0 aliphatic heterocycles. The van der Waals surface area contributed by atoms with Crippen molar-refractivity contribution in [3.05, 3.63) is 0 Å². The number of hydrogen-bond acceptors (Lipinski definition) is 4. The molecule has 0 aromatic rings. The topological polar surface area (TPSA) is 43.4 Å². The highest BCUT2D eigenvalue weighted by molar-refractivity contribution is 7.82. The Morgan fingerprint density at radius 1 is 1.33 bits per heavy atom. The van der Waals surface area contributed by atoms with Crippen LogP contribution in [0.25, 0.3) is 0 Å². The summed E-state index contributed by atoms with van der Waals surface area (Å²) >= 11 is 3.81. The predicted octanol–water partition coefficient (Wildman–Crippen LogP) is 1.22. The number of carbonyl (C=O) groups is 2. The second-order valence-corrected chi connectivity index (χ2v) is 4.06. The Labute approximate surface area is 77.9 Å². The lowest BCUT2D eigenvalue weighted by Crippen LogP contribution is -2.32. The molecule has 1 unspecified atom stereocenters. The summed E-state index contributed by atoms with van der Waals surface area (Å²) in [6, 6.07) is 0. The highest BCUT2D eigenvalue weighted by atomic mass is 32.1. The number of thiol groups is 1. The standard InChI is InChI=1S/C8H14O3S/c1-5(9)6(12)7(10)11-8(2,3)4/h6,12H,1-4H3. The average molecular weight is 190 g/mol. The molecule has 0 aliphatic rings. The molecule has 0 amide bonds. The number of Topliss-reactive ketones (excluding diaryl/α,β-unsaturated/α-hetero) is 1. The number of esters is 1. The number of ether oxygens (including phenoxy) is 1. The molecule has 0 fully saturated rings. The van der Waals surface area contributed by atoms with Gasteiger partial charge in [-0.05, 0) is 27.7 Å². The minimum atomic E-state index is -0.954. The van der Waals surface area contributed by atoms with Gasteiger partial charge in [0.15, 0.2) is 11.0 Å². The first-order valence-electron chi connectivity index (χ1n) is 3.65. The molecule has 0 aliphatic carbocycles. The molecule has 0 saturated carbocycles. The minimum Gasteiger partial charge on any atom is -0.459 e. The Morgan fingerprint density at radius 3 is 2.00 bits per heavy atom. The van der Waals surface area contributed by atoms with Gasteiger partial charge in [0.1, 0.15) is 5.60 Å². The molecular weight excluding hydrogens is 176 g/mol. The summed E-state index contributed by atoms with van der Waals surface area (Å²) in [5.41, 5.74) is -0.562. The van der Waals surface area contributed by atoms with Crippen LogP contribution in [0.15, 0.2) is 0 Å². The maximum atomic E-state index is 11.1. The summed E-state index contributed by atoms with van der Waals surface area (Å²) in [5.74, 6) is -0.883. The molecular formula is C8H14O3S. The number of rotatable bonds is 2. The fourth-order valence-electron chi connectivity index (χ4n) is 0.524. The predicted molar refractivity (Wildman–Crippen MR) is 49.3 cm³/mol. The third-order valence-electron chi connectivity index (χ3n) is 1.02. The van der Waals surface area contributed by atoms with E-state index in [4.69, 9.17) is 4.74 Å². The van der Waals surface area contributed by atoms with E-state index in [-0.39, 0.29) is 5.78 Å². The first kappa shape index (κ1) is 11.5. The summed E-state index contributed by atoms with van der Waals surface area (Å²) in [4.78, 5) is 21.8. The first-order valence-corrected chi connectivity index (χ1v) is 4.17. The molecule has 70 valence electrons. The van der Waals surface area contributed by atoms with Crippen molar-refractivity contribution >= 4 is 24.4 Å². The quantitative estimate of drug-likeness (QED) is 0.404. The lowest BCUT2D eigenvalue weighted by Gasteiger charge is -2.20. The van der Waals surface area contributed by atoms with Gasteiger partial charge in [0.25, 0.3) is 0 Å². The number of hydrogen-bond donors (Lipinski definition) is 1. The van der Waals surface area contributed by atoms with E-state index in [0.717, 1.165) is 0 Å². The molecule has 12 heavy (non-hydrogen) atoms. The second kappa shape index (κ2) is 3.94. The average Bonchev–Trinajstić information content (AvgIpc) is 1.82. The molecule has 3 nitrogen and oxygen atoms in total. The zero-order valence-electron chi connectivity index (χ0n) is 7.75. The molecule has 0 rings (SSSR count). The normalized spacial score (nSPS) is 13.8. The van der Waals surface area contributed by atoms with Gasteiger partial charge in [0.2, 0.25) is 0 Å². The molecule has 0 saturated heterocycles. The van der Waals surface area contributed by atoms with Crippen LogP contribution in [0.1, 0.15) is 27.7 Å². The zero-order chi connectivity index (χ0) is 9.94. The summed E-state index contributed by atoms with van der Waals surface area (Å²) in [6.07, 6.45) is 0. The van der Waals surface area contributed by atoms with Gasteiger partial charge in [-0.2, -0.15) is 12.6 Å². The molecule has 1 atom stereocenters. The summed E-state index contributed by atoms with van der Waals surface area (Å²) in [6.45, 7) is 6.53. The number of ketones is 1. The van der Waals surface area contributed by atoms with E-state index in [1.54, 1.807) is 20.8 Å². The third kappa shape index (κ3) is 4.38. The van der Waals surface area contributed by atoms with Crippen LogP contribution < -0.4 is 0 Å². The highest BCUT2D eigenvalue weighted by Gasteiger charge is 2.25. The first-order chi connectivity index (χ1) is 5.24. The van der Waals surface area contributed by atoms with E-state index in [0.29, 0.717) is 0 Å².